The Morgan fingerprint density at radius 2 is 1.96 bits per heavy atom. The number of carbonyl (C=O) groups is 1. The first-order chi connectivity index (χ1) is 13.0. The summed E-state index contributed by atoms with van der Waals surface area (Å²) >= 11 is 0. The Morgan fingerprint density at radius 3 is 2.78 bits per heavy atom. The lowest BCUT2D eigenvalue weighted by atomic mass is 10.2. The highest BCUT2D eigenvalue weighted by Crippen LogP contribution is 2.15. The van der Waals surface area contributed by atoms with Gasteiger partial charge in [0.15, 0.2) is 0 Å². The molecule has 3 aromatic rings. The zero-order valence-electron chi connectivity index (χ0n) is 14.1. The lowest BCUT2D eigenvalue weighted by Gasteiger charge is -2.02. The minimum absolute atomic E-state index is 0.00262. The van der Waals surface area contributed by atoms with Crippen LogP contribution in [0.25, 0.3) is 11.0 Å². The van der Waals surface area contributed by atoms with Crippen LogP contribution >= 0.6 is 0 Å². The molecule has 1 amide bonds. The van der Waals surface area contributed by atoms with E-state index in [0.29, 0.717) is 11.0 Å². The molecule has 0 spiro atoms. The third-order valence-electron chi connectivity index (χ3n) is 3.78. The van der Waals surface area contributed by atoms with Gasteiger partial charge in [-0.3, -0.25) is 19.7 Å². The highest BCUT2D eigenvalue weighted by atomic mass is 16.6. The van der Waals surface area contributed by atoms with Crippen LogP contribution in [0.1, 0.15) is 17.7 Å². The number of nitrogens with zero attached hydrogens (tertiary/aromatic N) is 3. The van der Waals surface area contributed by atoms with Gasteiger partial charge in [-0.05, 0) is 18.2 Å². The summed E-state index contributed by atoms with van der Waals surface area (Å²) in [7, 11) is 0. The predicted octanol–water partition coefficient (Wildman–Crippen LogP) is 1.91. The second-order valence-corrected chi connectivity index (χ2v) is 5.64. The molecule has 1 aromatic heterocycles. The molecule has 0 atom stereocenters. The zero-order valence-corrected chi connectivity index (χ0v) is 14.1. The van der Waals surface area contributed by atoms with E-state index in [2.05, 4.69) is 20.5 Å². The topological polar surface area (TPSA) is 130 Å². The summed E-state index contributed by atoms with van der Waals surface area (Å²) < 4.78 is 0. The maximum atomic E-state index is 12.0. The molecule has 0 unspecified atom stereocenters. The normalized spacial score (nSPS) is 11.0. The highest BCUT2D eigenvalue weighted by Gasteiger charge is 2.11. The van der Waals surface area contributed by atoms with Crippen molar-refractivity contribution in [3.8, 4) is 0 Å². The number of aromatic amines is 1. The summed E-state index contributed by atoms with van der Waals surface area (Å²) in [5.41, 5.74) is 3.64. The van der Waals surface area contributed by atoms with Crippen LogP contribution in [-0.4, -0.2) is 27.0 Å². The van der Waals surface area contributed by atoms with Crippen molar-refractivity contribution in [2.45, 2.75) is 12.8 Å². The first-order valence-corrected chi connectivity index (χ1v) is 8.08. The van der Waals surface area contributed by atoms with Gasteiger partial charge in [0, 0.05) is 18.9 Å². The average Bonchev–Trinajstić information content (AvgIpc) is 2.66. The van der Waals surface area contributed by atoms with E-state index < -0.39 is 10.8 Å². The number of nitro groups is 1. The van der Waals surface area contributed by atoms with Gasteiger partial charge in [0.2, 0.25) is 5.91 Å². The van der Waals surface area contributed by atoms with Crippen molar-refractivity contribution in [1.82, 2.24) is 15.4 Å². The van der Waals surface area contributed by atoms with Crippen LogP contribution in [0.15, 0.2) is 58.4 Å². The fourth-order valence-corrected chi connectivity index (χ4v) is 2.46. The average molecular weight is 365 g/mol. The number of para-hydroxylation sites is 3. The van der Waals surface area contributed by atoms with Gasteiger partial charge in [-0.25, -0.2) is 10.4 Å². The Kier molecular flexibility index (Phi) is 5.31. The van der Waals surface area contributed by atoms with Crippen LogP contribution in [0.2, 0.25) is 0 Å². The third-order valence-corrected chi connectivity index (χ3v) is 3.78. The lowest BCUT2D eigenvalue weighted by molar-refractivity contribution is -0.385. The monoisotopic (exact) mass is 365 g/mol. The lowest BCUT2D eigenvalue weighted by Crippen LogP contribution is -2.21. The molecule has 2 N–H and O–H groups in total. The third kappa shape index (κ3) is 4.40. The molecule has 3 rings (SSSR count). The number of rotatable bonds is 6. The van der Waals surface area contributed by atoms with Gasteiger partial charge in [-0.15, -0.1) is 0 Å². The summed E-state index contributed by atoms with van der Waals surface area (Å²) in [6, 6.07) is 13.2. The summed E-state index contributed by atoms with van der Waals surface area (Å²) in [6.07, 6.45) is 1.35. The first-order valence-electron chi connectivity index (χ1n) is 8.08. The van der Waals surface area contributed by atoms with Crippen molar-refractivity contribution in [1.29, 1.82) is 0 Å². The molecular formula is C18H15N5O4. The smallest absolute Gasteiger partial charge is 0.278 e. The second kappa shape index (κ2) is 8.00. The molecule has 0 aliphatic rings. The van der Waals surface area contributed by atoms with E-state index in [1.165, 1.54) is 18.3 Å². The number of nitro benzene ring substituents is 1. The number of nitrogens with one attached hydrogen (secondary N) is 2. The van der Waals surface area contributed by atoms with E-state index in [9.17, 15) is 19.7 Å². The molecule has 0 fully saturated rings. The van der Waals surface area contributed by atoms with Crippen molar-refractivity contribution < 1.29 is 9.72 Å². The van der Waals surface area contributed by atoms with Crippen LogP contribution in [-0.2, 0) is 11.2 Å². The van der Waals surface area contributed by atoms with Crippen molar-refractivity contribution in [3.63, 3.8) is 0 Å². The predicted molar refractivity (Wildman–Crippen MR) is 99.5 cm³/mol. The Labute approximate surface area is 152 Å². The fourth-order valence-electron chi connectivity index (χ4n) is 2.46. The molecule has 2 aromatic carbocycles. The maximum Gasteiger partial charge on any atom is 0.278 e. The minimum atomic E-state index is -0.527. The largest absolute Gasteiger partial charge is 0.319 e. The van der Waals surface area contributed by atoms with Crippen molar-refractivity contribution in [2.75, 3.05) is 0 Å². The number of aryl methyl sites for hydroxylation is 1. The summed E-state index contributed by atoms with van der Waals surface area (Å²) in [5, 5.41) is 14.7. The molecule has 27 heavy (non-hydrogen) atoms. The molecule has 0 aliphatic heterocycles. The molecule has 0 saturated carbocycles. The van der Waals surface area contributed by atoms with Gasteiger partial charge in [0.25, 0.3) is 11.2 Å². The number of fused-ring (bicyclic) bond motifs is 1. The van der Waals surface area contributed by atoms with Crippen molar-refractivity contribution >= 4 is 28.8 Å². The number of H-pyrrole nitrogens is 1. The molecule has 136 valence electrons. The van der Waals surface area contributed by atoms with E-state index >= 15 is 0 Å². The number of hydrogen-bond donors (Lipinski definition) is 2. The van der Waals surface area contributed by atoms with Crippen LogP contribution < -0.4 is 11.0 Å². The summed E-state index contributed by atoms with van der Waals surface area (Å²) in [4.78, 5) is 41.3. The second-order valence-electron chi connectivity index (χ2n) is 5.64. The van der Waals surface area contributed by atoms with E-state index in [1.54, 1.807) is 30.3 Å². The number of hydrazone groups is 1. The molecule has 9 nitrogen and oxygen atoms in total. The molecule has 0 saturated heterocycles. The van der Waals surface area contributed by atoms with Crippen LogP contribution in [0.5, 0.6) is 0 Å². The molecule has 0 radical (unpaired) electrons. The quantitative estimate of drug-likeness (QED) is 0.391. The van der Waals surface area contributed by atoms with Gasteiger partial charge >= 0.3 is 0 Å². The zero-order chi connectivity index (χ0) is 19.2. The first kappa shape index (κ1) is 17.9. The number of aromatic nitrogens is 2. The summed E-state index contributed by atoms with van der Waals surface area (Å²) in [6.45, 7) is 0. The number of hydrogen-bond acceptors (Lipinski definition) is 6. The van der Waals surface area contributed by atoms with Crippen LogP contribution in [0, 0.1) is 10.1 Å². The SMILES string of the molecule is O=C(CCc1nc2ccccc2[nH]c1=O)N/N=C/c1ccccc1[N+](=O)[O-]. The minimum Gasteiger partial charge on any atom is -0.319 e. The summed E-state index contributed by atoms with van der Waals surface area (Å²) in [5.74, 6) is -0.431. The number of benzene rings is 2. The van der Waals surface area contributed by atoms with E-state index in [0.717, 1.165) is 0 Å². The van der Waals surface area contributed by atoms with E-state index in [1.807, 2.05) is 6.07 Å². The molecule has 0 aliphatic carbocycles. The Balaban J connectivity index is 1.61. The van der Waals surface area contributed by atoms with E-state index in [-0.39, 0.29) is 35.3 Å². The molecule has 9 heteroatoms. The number of amides is 1. The van der Waals surface area contributed by atoms with Gasteiger partial charge < -0.3 is 4.98 Å². The van der Waals surface area contributed by atoms with Gasteiger partial charge in [0.05, 0.1) is 27.7 Å². The van der Waals surface area contributed by atoms with Crippen molar-refractivity contribution in [2.24, 2.45) is 5.10 Å². The van der Waals surface area contributed by atoms with E-state index in [4.69, 9.17) is 0 Å². The van der Waals surface area contributed by atoms with Gasteiger partial charge in [-0.1, -0.05) is 24.3 Å². The molecule has 0 bridgehead atoms. The van der Waals surface area contributed by atoms with Gasteiger partial charge in [-0.2, -0.15) is 5.10 Å². The molecule has 1 heterocycles. The fraction of sp³-hybridized carbons (Fsp3) is 0.111. The van der Waals surface area contributed by atoms with Crippen LogP contribution in [0.3, 0.4) is 0 Å². The Hall–Kier alpha value is -3.88. The standard InChI is InChI=1S/C18H15N5O4/c24-17(22-19-11-12-5-1-4-8-16(12)23(26)27)10-9-15-18(25)21-14-7-3-2-6-13(14)20-15/h1-8,11H,9-10H2,(H,21,25)(H,22,24)/b19-11+. The Morgan fingerprint density at radius 1 is 1.22 bits per heavy atom. The molecular weight excluding hydrogens is 350 g/mol. The van der Waals surface area contributed by atoms with Crippen LogP contribution in [0.4, 0.5) is 5.69 Å². The van der Waals surface area contributed by atoms with Crippen molar-refractivity contribution in [3.05, 3.63) is 80.3 Å². The Bertz CT molecular complexity index is 1090. The number of carbonyl (C=O) groups excluding carboxylic acids is 1. The maximum absolute atomic E-state index is 12.0. The highest BCUT2D eigenvalue weighted by molar-refractivity contribution is 5.86. The van der Waals surface area contributed by atoms with Gasteiger partial charge in [0.1, 0.15) is 5.69 Å².